The quantitative estimate of drug-likeness (QED) is 0.889. The highest BCUT2D eigenvalue weighted by Crippen LogP contribution is 2.25. The molecule has 0 saturated heterocycles. The van der Waals surface area contributed by atoms with Crippen LogP contribution in [-0.2, 0) is 4.74 Å². The number of rotatable bonds is 3. The molecule has 0 aliphatic carbocycles. The van der Waals surface area contributed by atoms with Crippen molar-refractivity contribution in [2.45, 2.75) is 6.92 Å². The maximum absolute atomic E-state index is 11.2. The summed E-state index contributed by atoms with van der Waals surface area (Å²) < 4.78 is 5.49. The van der Waals surface area contributed by atoms with Crippen LogP contribution >= 0.6 is 15.9 Å². The minimum absolute atomic E-state index is 0.00469. The van der Waals surface area contributed by atoms with Crippen molar-refractivity contribution in [1.29, 1.82) is 0 Å². The van der Waals surface area contributed by atoms with E-state index in [1.54, 1.807) is 6.07 Å². The van der Waals surface area contributed by atoms with E-state index in [1.165, 1.54) is 0 Å². The number of hydrogen-bond donors (Lipinski definition) is 2. The van der Waals surface area contributed by atoms with Gasteiger partial charge < -0.3 is 9.84 Å². The van der Waals surface area contributed by atoms with E-state index in [4.69, 9.17) is 5.11 Å². The van der Waals surface area contributed by atoms with Gasteiger partial charge in [0.15, 0.2) is 0 Å². The summed E-state index contributed by atoms with van der Waals surface area (Å²) >= 11 is 3.36. The number of amides is 1. The van der Waals surface area contributed by atoms with Crippen LogP contribution in [0.15, 0.2) is 22.7 Å². The Morgan fingerprint density at radius 3 is 3.00 bits per heavy atom. The van der Waals surface area contributed by atoms with Crippen LogP contribution in [0.5, 0.6) is 0 Å². The lowest BCUT2D eigenvalue weighted by atomic mass is 10.2. The monoisotopic (exact) mass is 273 g/mol. The Balaban J connectivity index is 2.64. The van der Waals surface area contributed by atoms with Crippen molar-refractivity contribution in [1.82, 2.24) is 0 Å². The average Bonchev–Trinajstić information content (AvgIpc) is 2.22. The fraction of sp³-hybridized carbons (Fsp3) is 0.300. The van der Waals surface area contributed by atoms with Crippen molar-refractivity contribution < 1.29 is 14.6 Å². The smallest absolute Gasteiger partial charge is 0.411 e. The molecule has 1 amide bonds. The molecular formula is C10H12BrNO3. The van der Waals surface area contributed by atoms with Crippen LogP contribution in [-0.4, -0.2) is 24.4 Å². The van der Waals surface area contributed by atoms with Crippen molar-refractivity contribution in [3.05, 3.63) is 28.2 Å². The van der Waals surface area contributed by atoms with Crippen molar-refractivity contribution in [2.75, 3.05) is 18.5 Å². The first-order chi connectivity index (χ1) is 7.15. The van der Waals surface area contributed by atoms with E-state index in [2.05, 4.69) is 26.0 Å². The lowest BCUT2D eigenvalue weighted by Crippen LogP contribution is -2.16. The number of ether oxygens (including phenoxy) is 1. The average molecular weight is 274 g/mol. The number of aliphatic hydroxyl groups is 1. The van der Waals surface area contributed by atoms with Gasteiger partial charge in [-0.2, -0.15) is 0 Å². The van der Waals surface area contributed by atoms with Gasteiger partial charge >= 0.3 is 6.09 Å². The maximum Gasteiger partial charge on any atom is 0.411 e. The molecule has 0 heterocycles. The van der Waals surface area contributed by atoms with Crippen LogP contribution in [0.2, 0.25) is 0 Å². The molecule has 2 N–H and O–H groups in total. The van der Waals surface area contributed by atoms with Gasteiger partial charge in [0.25, 0.3) is 0 Å². The largest absolute Gasteiger partial charge is 0.447 e. The minimum Gasteiger partial charge on any atom is -0.447 e. The Bertz CT molecular complexity index is 355. The van der Waals surface area contributed by atoms with E-state index in [0.717, 1.165) is 10.0 Å². The van der Waals surface area contributed by atoms with Gasteiger partial charge in [-0.25, -0.2) is 4.79 Å². The topological polar surface area (TPSA) is 58.6 Å². The predicted molar refractivity (Wildman–Crippen MR) is 60.9 cm³/mol. The third kappa shape index (κ3) is 3.53. The standard InChI is InChI=1S/C10H12BrNO3/c1-7-3-2-4-8(9(7)11)12-10(14)15-6-5-13/h2-4,13H,5-6H2,1H3,(H,12,14). The molecule has 15 heavy (non-hydrogen) atoms. The minimum atomic E-state index is -0.574. The molecule has 0 aliphatic rings. The predicted octanol–water partition coefficient (Wildman–Crippen LogP) is 2.30. The molecule has 4 nitrogen and oxygen atoms in total. The summed E-state index contributed by atoms with van der Waals surface area (Å²) in [5, 5.41) is 11.0. The van der Waals surface area contributed by atoms with Gasteiger partial charge in [0, 0.05) is 4.47 Å². The molecule has 82 valence electrons. The molecule has 0 spiro atoms. The first kappa shape index (κ1) is 12.0. The van der Waals surface area contributed by atoms with Crippen LogP contribution in [0.25, 0.3) is 0 Å². The molecule has 1 rings (SSSR count). The van der Waals surface area contributed by atoms with Crippen molar-refractivity contribution >= 4 is 27.7 Å². The van der Waals surface area contributed by atoms with Crippen molar-refractivity contribution in [3.8, 4) is 0 Å². The van der Waals surface area contributed by atoms with E-state index in [1.807, 2.05) is 19.1 Å². The number of carbonyl (C=O) groups excluding carboxylic acids is 1. The Morgan fingerprint density at radius 1 is 1.60 bits per heavy atom. The summed E-state index contributed by atoms with van der Waals surface area (Å²) in [4.78, 5) is 11.2. The van der Waals surface area contributed by atoms with Gasteiger partial charge in [-0.1, -0.05) is 12.1 Å². The SMILES string of the molecule is Cc1cccc(NC(=O)OCCO)c1Br. The molecular weight excluding hydrogens is 262 g/mol. The van der Waals surface area contributed by atoms with E-state index >= 15 is 0 Å². The van der Waals surface area contributed by atoms with Crippen LogP contribution < -0.4 is 5.32 Å². The number of halogens is 1. The third-order valence-electron chi connectivity index (χ3n) is 1.75. The van der Waals surface area contributed by atoms with Crippen LogP contribution in [0.3, 0.4) is 0 Å². The second-order valence-corrected chi connectivity index (χ2v) is 3.71. The van der Waals surface area contributed by atoms with E-state index < -0.39 is 6.09 Å². The van der Waals surface area contributed by atoms with Crippen LogP contribution in [0.4, 0.5) is 10.5 Å². The number of anilines is 1. The van der Waals surface area contributed by atoms with E-state index in [9.17, 15) is 4.79 Å². The lowest BCUT2D eigenvalue weighted by Gasteiger charge is -2.08. The molecule has 0 radical (unpaired) electrons. The van der Waals surface area contributed by atoms with Gasteiger partial charge in [-0.15, -0.1) is 0 Å². The number of benzene rings is 1. The highest BCUT2D eigenvalue weighted by atomic mass is 79.9. The molecule has 0 fully saturated rings. The number of hydrogen-bond acceptors (Lipinski definition) is 3. The maximum atomic E-state index is 11.2. The fourth-order valence-electron chi connectivity index (χ4n) is 1.03. The number of nitrogens with one attached hydrogen (secondary N) is 1. The van der Waals surface area contributed by atoms with E-state index in [-0.39, 0.29) is 13.2 Å². The molecule has 0 atom stereocenters. The Hall–Kier alpha value is -1.07. The zero-order valence-electron chi connectivity index (χ0n) is 8.29. The molecule has 0 aliphatic heterocycles. The highest BCUT2D eigenvalue weighted by Gasteiger charge is 2.06. The van der Waals surface area contributed by atoms with Gasteiger partial charge in [-0.05, 0) is 34.5 Å². The summed E-state index contributed by atoms with van der Waals surface area (Å²) in [6, 6.07) is 5.52. The van der Waals surface area contributed by atoms with Gasteiger partial charge in [-0.3, -0.25) is 5.32 Å². The zero-order chi connectivity index (χ0) is 11.3. The van der Waals surface area contributed by atoms with Crippen LogP contribution in [0.1, 0.15) is 5.56 Å². The molecule has 0 aromatic heterocycles. The fourth-order valence-corrected chi connectivity index (χ4v) is 1.39. The molecule has 5 heteroatoms. The van der Waals surface area contributed by atoms with Gasteiger partial charge in [0.05, 0.1) is 12.3 Å². The second kappa shape index (κ2) is 5.72. The Kier molecular flexibility index (Phi) is 4.58. The first-order valence-corrected chi connectivity index (χ1v) is 5.24. The Morgan fingerprint density at radius 2 is 2.33 bits per heavy atom. The second-order valence-electron chi connectivity index (χ2n) is 2.92. The van der Waals surface area contributed by atoms with Crippen molar-refractivity contribution in [3.63, 3.8) is 0 Å². The van der Waals surface area contributed by atoms with E-state index in [0.29, 0.717) is 5.69 Å². The van der Waals surface area contributed by atoms with Gasteiger partial charge in [0.1, 0.15) is 6.61 Å². The normalized spacial score (nSPS) is 9.80. The van der Waals surface area contributed by atoms with Gasteiger partial charge in [0.2, 0.25) is 0 Å². The summed E-state index contributed by atoms with van der Waals surface area (Å²) in [5.74, 6) is 0. The molecule has 0 bridgehead atoms. The lowest BCUT2D eigenvalue weighted by molar-refractivity contribution is 0.131. The summed E-state index contributed by atoms with van der Waals surface area (Å²) in [6.45, 7) is 1.74. The number of carbonyl (C=O) groups is 1. The highest BCUT2D eigenvalue weighted by molar-refractivity contribution is 9.10. The Labute approximate surface area is 96.4 Å². The summed E-state index contributed by atoms with van der Waals surface area (Å²) in [7, 11) is 0. The number of aliphatic hydroxyl groups excluding tert-OH is 1. The molecule has 1 aromatic rings. The zero-order valence-corrected chi connectivity index (χ0v) is 9.87. The first-order valence-electron chi connectivity index (χ1n) is 4.45. The molecule has 0 unspecified atom stereocenters. The molecule has 1 aromatic carbocycles. The molecule has 0 saturated carbocycles. The van der Waals surface area contributed by atoms with Crippen LogP contribution in [0, 0.1) is 6.92 Å². The summed E-state index contributed by atoms with van der Waals surface area (Å²) in [5.41, 5.74) is 1.67. The summed E-state index contributed by atoms with van der Waals surface area (Å²) in [6.07, 6.45) is -0.574. The van der Waals surface area contributed by atoms with Crippen molar-refractivity contribution in [2.24, 2.45) is 0 Å². The number of aryl methyl sites for hydroxylation is 1. The third-order valence-corrected chi connectivity index (χ3v) is 2.81.